The maximum atomic E-state index is 5.43. The second kappa shape index (κ2) is 12.0. The van der Waals surface area contributed by atoms with Gasteiger partial charge in [0.15, 0.2) is 5.96 Å². The van der Waals surface area contributed by atoms with E-state index in [1.165, 1.54) is 31.4 Å². The Labute approximate surface area is 158 Å². The van der Waals surface area contributed by atoms with E-state index in [0.29, 0.717) is 12.0 Å². The second-order valence-corrected chi connectivity index (χ2v) is 8.90. The minimum absolute atomic E-state index is 0.573. The molecule has 2 fully saturated rings. The summed E-state index contributed by atoms with van der Waals surface area (Å²) in [5, 5.41) is 7.95. The molecule has 1 saturated heterocycles. The molecule has 0 amide bonds. The molecule has 0 radical (unpaired) electrons. The van der Waals surface area contributed by atoms with Gasteiger partial charge in [0.25, 0.3) is 0 Å². The number of nitrogens with zero attached hydrogens (tertiary/aromatic N) is 2. The number of ether oxygens (including phenoxy) is 1. The minimum Gasteiger partial charge on any atom is -0.379 e. The monoisotopic (exact) mass is 370 g/mol. The summed E-state index contributed by atoms with van der Waals surface area (Å²) in [6, 6.07) is 0.574. The highest BCUT2D eigenvalue weighted by molar-refractivity contribution is 7.99. The Balaban J connectivity index is 1.78. The first-order valence-corrected chi connectivity index (χ1v) is 11.2. The first-order valence-electron chi connectivity index (χ1n) is 10.2. The zero-order chi connectivity index (χ0) is 17.9. The number of rotatable bonds is 8. The maximum absolute atomic E-state index is 5.43. The van der Waals surface area contributed by atoms with Gasteiger partial charge in [0, 0.05) is 44.0 Å². The zero-order valence-corrected chi connectivity index (χ0v) is 17.2. The largest absolute Gasteiger partial charge is 0.379 e. The number of aliphatic imine (C=N–C) groups is 1. The van der Waals surface area contributed by atoms with E-state index in [2.05, 4.69) is 48.1 Å². The molecule has 1 aliphatic carbocycles. The lowest BCUT2D eigenvalue weighted by Crippen LogP contribution is -2.46. The highest BCUT2D eigenvalue weighted by atomic mass is 32.2. The van der Waals surface area contributed by atoms with E-state index >= 15 is 0 Å². The summed E-state index contributed by atoms with van der Waals surface area (Å²) >= 11 is 2.12. The molecule has 1 aliphatic heterocycles. The van der Waals surface area contributed by atoms with Crippen LogP contribution in [0.15, 0.2) is 4.99 Å². The molecular weight excluding hydrogens is 332 g/mol. The molecule has 25 heavy (non-hydrogen) atoms. The summed E-state index contributed by atoms with van der Waals surface area (Å²) in [7, 11) is 0. The Morgan fingerprint density at radius 1 is 1.28 bits per heavy atom. The van der Waals surface area contributed by atoms with Gasteiger partial charge in [-0.2, -0.15) is 11.8 Å². The number of hydrogen-bond donors (Lipinski definition) is 2. The third-order valence-electron chi connectivity index (χ3n) is 4.95. The van der Waals surface area contributed by atoms with Crippen molar-refractivity contribution in [3.8, 4) is 0 Å². The molecule has 2 aliphatic rings. The Hall–Kier alpha value is -0.460. The van der Waals surface area contributed by atoms with Crippen molar-refractivity contribution in [2.24, 2.45) is 10.9 Å². The van der Waals surface area contributed by atoms with Crippen LogP contribution in [0.4, 0.5) is 0 Å². The fraction of sp³-hybridized carbons (Fsp3) is 0.947. The van der Waals surface area contributed by atoms with Crippen molar-refractivity contribution >= 4 is 17.7 Å². The van der Waals surface area contributed by atoms with Crippen LogP contribution in [-0.4, -0.2) is 73.8 Å². The summed E-state index contributed by atoms with van der Waals surface area (Å²) in [5.74, 6) is 2.80. The molecular formula is C19H38N4OS. The average molecular weight is 371 g/mol. The van der Waals surface area contributed by atoms with Crippen molar-refractivity contribution in [1.29, 1.82) is 0 Å². The molecule has 0 spiro atoms. The van der Waals surface area contributed by atoms with Crippen LogP contribution in [0.3, 0.4) is 0 Å². The van der Waals surface area contributed by atoms with Crippen molar-refractivity contribution in [3.63, 3.8) is 0 Å². The van der Waals surface area contributed by atoms with E-state index in [-0.39, 0.29) is 0 Å². The molecule has 0 aromatic rings. The third kappa shape index (κ3) is 8.18. The summed E-state index contributed by atoms with van der Waals surface area (Å²) in [6.07, 6.45) is 5.25. The number of morpholine rings is 1. The smallest absolute Gasteiger partial charge is 0.191 e. The van der Waals surface area contributed by atoms with Crippen molar-refractivity contribution in [2.75, 3.05) is 51.7 Å². The highest BCUT2D eigenvalue weighted by Crippen LogP contribution is 2.28. The van der Waals surface area contributed by atoms with Crippen LogP contribution in [-0.2, 0) is 4.74 Å². The molecule has 2 N–H and O–H groups in total. The Morgan fingerprint density at radius 2 is 2.08 bits per heavy atom. The van der Waals surface area contributed by atoms with Gasteiger partial charge in [0.05, 0.1) is 13.2 Å². The Morgan fingerprint density at radius 3 is 2.80 bits per heavy atom. The first kappa shape index (κ1) is 20.8. The standard InChI is InChI=1S/C19H38N4OS/c1-4-20-19(22-17-7-6-8-18(13-17)25-5-2)21-14-16(3)15-23-9-11-24-12-10-23/h16-18H,4-15H2,1-3H3,(H2,20,21,22). The molecule has 0 aromatic heterocycles. The van der Waals surface area contributed by atoms with E-state index in [9.17, 15) is 0 Å². The minimum atomic E-state index is 0.573. The van der Waals surface area contributed by atoms with Crippen LogP contribution >= 0.6 is 11.8 Å². The van der Waals surface area contributed by atoms with Gasteiger partial charge >= 0.3 is 0 Å². The lowest BCUT2D eigenvalue weighted by Gasteiger charge is -2.31. The van der Waals surface area contributed by atoms with E-state index < -0.39 is 0 Å². The van der Waals surface area contributed by atoms with Crippen LogP contribution < -0.4 is 10.6 Å². The van der Waals surface area contributed by atoms with Crippen molar-refractivity contribution in [2.45, 2.75) is 57.7 Å². The van der Waals surface area contributed by atoms with Crippen LogP contribution in [0.25, 0.3) is 0 Å². The molecule has 0 bridgehead atoms. The Kier molecular flexibility index (Phi) is 10.0. The maximum Gasteiger partial charge on any atom is 0.191 e. The number of nitrogens with one attached hydrogen (secondary N) is 2. The van der Waals surface area contributed by atoms with Gasteiger partial charge in [0.2, 0.25) is 0 Å². The van der Waals surface area contributed by atoms with Gasteiger partial charge in [-0.15, -0.1) is 0 Å². The molecule has 0 aromatic carbocycles. The molecule has 5 nitrogen and oxygen atoms in total. The molecule has 1 heterocycles. The second-order valence-electron chi connectivity index (χ2n) is 7.32. The lowest BCUT2D eigenvalue weighted by atomic mass is 9.95. The van der Waals surface area contributed by atoms with Crippen molar-refractivity contribution < 1.29 is 4.74 Å². The van der Waals surface area contributed by atoms with Crippen molar-refractivity contribution in [1.82, 2.24) is 15.5 Å². The fourth-order valence-corrected chi connectivity index (χ4v) is 4.88. The van der Waals surface area contributed by atoms with E-state index in [4.69, 9.17) is 9.73 Å². The van der Waals surface area contributed by atoms with Crippen LogP contribution in [0, 0.1) is 5.92 Å². The zero-order valence-electron chi connectivity index (χ0n) is 16.4. The number of thioether (sulfide) groups is 1. The summed E-state index contributed by atoms with van der Waals surface area (Å²) in [6.45, 7) is 13.5. The molecule has 146 valence electrons. The summed E-state index contributed by atoms with van der Waals surface area (Å²) in [5.41, 5.74) is 0. The lowest BCUT2D eigenvalue weighted by molar-refractivity contribution is 0.0323. The third-order valence-corrected chi connectivity index (χ3v) is 6.18. The fourth-order valence-electron chi connectivity index (χ4n) is 3.71. The molecule has 3 atom stereocenters. The summed E-state index contributed by atoms with van der Waals surface area (Å²) in [4.78, 5) is 7.37. The highest BCUT2D eigenvalue weighted by Gasteiger charge is 2.22. The van der Waals surface area contributed by atoms with Gasteiger partial charge in [-0.1, -0.05) is 20.3 Å². The molecule has 6 heteroatoms. The van der Waals surface area contributed by atoms with E-state index in [0.717, 1.165) is 57.1 Å². The molecule has 1 saturated carbocycles. The average Bonchev–Trinajstić information content (AvgIpc) is 2.61. The number of hydrogen-bond acceptors (Lipinski definition) is 4. The molecule has 2 rings (SSSR count). The van der Waals surface area contributed by atoms with Gasteiger partial charge in [-0.3, -0.25) is 9.89 Å². The quantitative estimate of drug-likeness (QED) is 0.508. The van der Waals surface area contributed by atoms with Gasteiger partial charge in [-0.05, 0) is 37.9 Å². The molecule has 3 unspecified atom stereocenters. The topological polar surface area (TPSA) is 48.9 Å². The predicted octanol–water partition coefficient (Wildman–Crippen LogP) is 2.57. The normalized spacial score (nSPS) is 27.1. The van der Waals surface area contributed by atoms with Crippen molar-refractivity contribution in [3.05, 3.63) is 0 Å². The van der Waals surface area contributed by atoms with E-state index in [1.807, 2.05) is 0 Å². The van der Waals surface area contributed by atoms with Gasteiger partial charge in [0.1, 0.15) is 0 Å². The number of guanidine groups is 1. The summed E-state index contributed by atoms with van der Waals surface area (Å²) < 4.78 is 5.43. The first-order chi connectivity index (χ1) is 12.2. The van der Waals surface area contributed by atoms with Gasteiger partial charge in [-0.25, -0.2) is 0 Å². The SMILES string of the molecule is CCNC(=NCC(C)CN1CCOCC1)NC1CCCC(SCC)C1. The van der Waals surface area contributed by atoms with Gasteiger partial charge < -0.3 is 15.4 Å². The van der Waals surface area contributed by atoms with Crippen LogP contribution in [0.5, 0.6) is 0 Å². The van der Waals surface area contributed by atoms with Crippen LogP contribution in [0.2, 0.25) is 0 Å². The van der Waals surface area contributed by atoms with Crippen LogP contribution in [0.1, 0.15) is 46.5 Å². The van der Waals surface area contributed by atoms with E-state index in [1.54, 1.807) is 0 Å². The Bertz CT molecular complexity index is 386. The predicted molar refractivity (Wildman–Crippen MR) is 110 cm³/mol.